The Labute approximate surface area is 133 Å². The topological polar surface area (TPSA) is 49.8 Å². The third-order valence-electron chi connectivity index (χ3n) is 3.95. The molecule has 2 unspecified atom stereocenters. The van der Waals surface area contributed by atoms with Crippen LogP contribution in [0.3, 0.4) is 0 Å². The zero-order chi connectivity index (χ0) is 15.9. The first-order valence-electron chi connectivity index (χ1n) is 8.16. The SMILES string of the molecule is CCOc1ncccc1CNC(=NC)N1CC(C)CC(C)C1. The molecule has 2 heterocycles. The van der Waals surface area contributed by atoms with Crippen molar-refractivity contribution < 1.29 is 4.74 Å². The highest BCUT2D eigenvalue weighted by molar-refractivity contribution is 5.80. The Kier molecular flexibility index (Phi) is 6.04. The zero-order valence-electron chi connectivity index (χ0n) is 14.2. The highest BCUT2D eigenvalue weighted by Crippen LogP contribution is 2.21. The van der Waals surface area contributed by atoms with Crippen LogP contribution in [0, 0.1) is 11.8 Å². The lowest BCUT2D eigenvalue weighted by atomic mass is 9.92. The van der Waals surface area contributed by atoms with Gasteiger partial charge in [0.1, 0.15) is 0 Å². The molecule has 2 rings (SSSR count). The molecule has 0 spiro atoms. The fraction of sp³-hybridized carbons (Fsp3) is 0.647. The van der Waals surface area contributed by atoms with Crippen LogP contribution in [0.5, 0.6) is 5.88 Å². The highest BCUT2D eigenvalue weighted by atomic mass is 16.5. The Hall–Kier alpha value is -1.78. The molecule has 1 saturated heterocycles. The quantitative estimate of drug-likeness (QED) is 0.686. The van der Waals surface area contributed by atoms with Crippen LogP contribution in [0.2, 0.25) is 0 Å². The molecule has 5 nitrogen and oxygen atoms in total. The average molecular weight is 304 g/mol. The van der Waals surface area contributed by atoms with E-state index in [1.165, 1.54) is 6.42 Å². The Bertz CT molecular complexity index is 493. The Balaban J connectivity index is 2.00. The molecule has 0 bridgehead atoms. The number of guanidine groups is 1. The summed E-state index contributed by atoms with van der Waals surface area (Å²) in [6.07, 6.45) is 3.06. The van der Waals surface area contributed by atoms with E-state index in [2.05, 4.69) is 34.0 Å². The molecule has 1 N–H and O–H groups in total. The molecule has 0 aliphatic carbocycles. The van der Waals surface area contributed by atoms with Crippen LogP contribution in [-0.2, 0) is 6.54 Å². The normalized spacial score (nSPS) is 22.5. The summed E-state index contributed by atoms with van der Waals surface area (Å²) in [5.74, 6) is 3.08. The lowest BCUT2D eigenvalue weighted by Crippen LogP contribution is -2.48. The Morgan fingerprint density at radius 3 is 2.77 bits per heavy atom. The summed E-state index contributed by atoms with van der Waals surface area (Å²) in [5, 5.41) is 3.45. The molecular formula is C17H28N4O. The van der Waals surface area contributed by atoms with Gasteiger partial charge in [-0.05, 0) is 31.2 Å². The van der Waals surface area contributed by atoms with Gasteiger partial charge in [0.25, 0.3) is 0 Å². The van der Waals surface area contributed by atoms with Gasteiger partial charge in [0.05, 0.1) is 6.61 Å². The molecule has 0 aromatic carbocycles. The second kappa shape index (κ2) is 8.01. The number of nitrogens with one attached hydrogen (secondary N) is 1. The third kappa shape index (κ3) is 4.36. The van der Waals surface area contributed by atoms with E-state index in [-0.39, 0.29) is 0 Å². The molecule has 0 radical (unpaired) electrons. The second-order valence-electron chi connectivity index (χ2n) is 6.15. The monoisotopic (exact) mass is 304 g/mol. The minimum atomic E-state index is 0.625. The van der Waals surface area contributed by atoms with E-state index in [1.807, 2.05) is 26.1 Å². The Morgan fingerprint density at radius 1 is 1.41 bits per heavy atom. The molecule has 0 amide bonds. The molecule has 22 heavy (non-hydrogen) atoms. The van der Waals surface area contributed by atoms with E-state index in [4.69, 9.17) is 4.74 Å². The molecule has 0 saturated carbocycles. The molecule has 2 atom stereocenters. The predicted molar refractivity (Wildman–Crippen MR) is 90.1 cm³/mol. The Morgan fingerprint density at radius 2 is 2.14 bits per heavy atom. The van der Waals surface area contributed by atoms with Crippen molar-refractivity contribution in [1.82, 2.24) is 15.2 Å². The summed E-state index contributed by atoms with van der Waals surface area (Å²) in [6, 6.07) is 3.98. The number of rotatable bonds is 4. The van der Waals surface area contributed by atoms with Crippen molar-refractivity contribution in [3.8, 4) is 5.88 Å². The minimum absolute atomic E-state index is 0.625. The number of ether oxygens (including phenoxy) is 1. The molecular weight excluding hydrogens is 276 g/mol. The maximum Gasteiger partial charge on any atom is 0.218 e. The van der Waals surface area contributed by atoms with Crippen molar-refractivity contribution in [2.45, 2.75) is 33.7 Å². The molecule has 122 valence electrons. The molecule has 1 aromatic heterocycles. The maximum absolute atomic E-state index is 5.58. The van der Waals surface area contributed by atoms with Crippen LogP contribution in [0.15, 0.2) is 23.3 Å². The molecule has 1 aliphatic rings. The largest absolute Gasteiger partial charge is 0.478 e. The van der Waals surface area contributed by atoms with Gasteiger partial charge in [-0.2, -0.15) is 0 Å². The summed E-state index contributed by atoms with van der Waals surface area (Å²) >= 11 is 0. The van der Waals surface area contributed by atoms with Gasteiger partial charge in [-0.15, -0.1) is 0 Å². The van der Waals surface area contributed by atoms with E-state index < -0.39 is 0 Å². The number of nitrogens with zero attached hydrogens (tertiary/aromatic N) is 3. The van der Waals surface area contributed by atoms with Gasteiger partial charge in [0, 0.05) is 38.4 Å². The van der Waals surface area contributed by atoms with E-state index in [1.54, 1.807) is 6.20 Å². The molecule has 1 aromatic rings. The standard InChI is InChI=1S/C17H28N4O/c1-5-22-16-15(7-6-8-19-16)10-20-17(18-4)21-11-13(2)9-14(3)12-21/h6-8,13-14H,5,9-12H2,1-4H3,(H,18,20). The maximum atomic E-state index is 5.58. The second-order valence-corrected chi connectivity index (χ2v) is 6.15. The number of piperidine rings is 1. The van der Waals surface area contributed by atoms with Crippen molar-refractivity contribution in [1.29, 1.82) is 0 Å². The van der Waals surface area contributed by atoms with Gasteiger partial charge in [0.15, 0.2) is 5.96 Å². The van der Waals surface area contributed by atoms with Crippen molar-refractivity contribution in [3.63, 3.8) is 0 Å². The highest BCUT2D eigenvalue weighted by Gasteiger charge is 2.24. The van der Waals surface area contributed by atoms with Crippen LogP contribution >= 0.6 is 0 Å². The van der Waals surface area contributed by atoms with Crippen molar-refractivity contribution in [3.05, 3.63) is 23.9 Å². The lowest BCUT2D eigenvalue weighted by Gasteiger charge is -2.37. The first-order chi connectivity index (χ1) is 10.6. The van der Waals surface area contributed by atoms with Crippen LogP contribution in [-0.4, -0.2) is 42.6 Å². The molecule has 5 heteroatoms. The van der Waals surface area contributed by atoms with Crippen molar-refractivity contribution >= 4 is 5.96 Å². The lowest BCUT2D eigenvalue weighted by molar-refractivity contribution is 0.208. The van der Waals surface area contributed by atoms with E-state index in [0.717, 1.165) is 24.6 Å². The van der Waals surface area contributed by atoms with E-state index in [0.29, 0.717) is 30.9 Å². The number of hydrogen-bond acceptors (Lipinski definition) is 3. The van der Waals surface area contributed by atoms with E-state index >= 15 is 0 Å². The summed E-state index contributed by atoms with van der Waals surface area (Å²) in [4.78, 5) is 11.1. The van der Waals surface area contributed by atoms with Crippen LogP contribution in [0.4, 0.5) is 0 Å². The zero-order valence-corrected chi connectivity index (χ0v) is 14.2. The number of hydrogen-bond donors (Lipinski definition) is 1. The number of aliphatic imine (C=N–C) groups is 1. The number of likely N-dealkylation sites (tertiary alicyclic amines) is 1. The minimum Gasteiger partial charge on any atom is -0.478 e. The fourth-order valence-corrected chi connectivity index (χ4v) is 3.17. The van der Waals surface area contributed by atoms with Crippen molar-refractivity contribution in [2.75, 3.05) is 26.7 Å². The summed E-state index contributed by atoms with van der Waals surface area (Å²) in [6.45, 7) is 10.0. The van der Waals surface area contributed by atoms with Gasteiger partial charge in [0.2, 0.25) is 5.88 Å². The molecule has 1 fully saturated rings. The van der Waals surface area contributed by atoms with E-state index in [9.17, 15) is 0 Å². The third-order valence-corrected chi connectivity index (χ3v) is 3.95. The predicted octanol–water partition coefficient (Wildman–Crippen LogP) is 2.53. The number of pyridine rings is 1. The fourth-order valence-electron chi connectivity index (χ4n) is 3.17. The van der Waals surface area contributed by atoms with Crippen LogP contribution in [0.1, 0.15) is 32.8 Å². The van der Waals surface area contributed by atoms with Crippen LogP contribution in [0.25, 0.3) is 0 Å². The van der Waals surface area contributed by atoms with Gasteiger partial charge >= 0.3 is 0 Å². The average Bonchev–Trinajstić information content (AvgIpc) is 2.49. The number of aromatic nitrogens is 1. The summed E-state index contributed by atoms with van der Waals surface area (Å²) in [7, 11) is 1.85. The summed E-state index contributed by atoms with van der Waals surface area (Å²) in [5.41, 5.74) is 1.06. The van der Waals surface area contributed by atoms with Gasteiger partial charge in [-0.1, -0.05) is 19.9 Å². The summed E-state index contributed by atoms with van der Waals surface area (Å²) < 4.78 is 5.58. The first kappa shape index (κ1) is 16.6. The van der Waals surface area contributed by atoms with Gasteiger partial charge < -0.3 is 15.0 Å². The smallest absolute Gasteiger partial charge is 0.218 e. The van der Waals surface area contributed by atoms with Crippen molar-refractivity contribution in [2.24, 2.45) is 16.8 Å². The van der Waals surface area contributed by atoms with Gasteiger partial charge in [-0.25, -0.2) is 4.98 Å². The first-order valence-corrected chi connectivity index (χ1v) is 8.16. The van der Waals surface area contributed by atoms with Gasteiger partial charge in [-0.3, -0.25) is 4.99 Å². The van der Waals surface area contributed by atoms with Crippen LogP contribution < -0.4 is 10.1 Å². The molecule has 1 aliphatic heterocycles.